The van der Waals surface area contributed by atoms with Crippen LogP contribution in [0.4, 0.5) is 0 Å². The molecule has 1 aromatic rings. The summed E-state index contributed by atoms with van der Waals surface area (Å²) in [5, 5.41) is 4.24. The molecule has 1 atom stereocenters. The largest absolute Gasteiger partial charge is 0.367 e. The van der Waals surface area contributed by atoms with Crippen molar-refractivity contribution in [2.45, 2.75) is 51.4 Å². The van der Waals surface area contributed by atoms with Crippen LogP contribution in [0.2, 0.25) is 0 Å². The molecule has 1 aromatic heterocycles. The van der Waals surface area contributed by atoms with E-state index in [0.717, 1.165) is 12.7 Å². The van der Waals surface area contributed by atoms with Gasteiger partial charge in [0.25, 0.3) is 0 Å². The van der Waals surface area contributed by atoms with Gasteiger partial charge in [-0.3, -0.25) is 9.48 Å². The number of carbonyl (C=O) groups is 1. The van der Waals surface area contributed by atoms with E-state index >= 15 is 0 Å². The van der Waals surface area contributed by atoms with E-state index in [1.54, 1.807) is 12.4 Å². The first-order chi connectivity index (χ1) is 7.34. The number of rotatable bonds is 2. The Labute approximate surface area is 95.6 Å². The van der Waals surface area contributed by atoms with Gasteiger partial charge in [0, 0.05) is 12.6 Å². The van der Waals surface area contributed by atoms with Gasteiger partial charge in [-0.25, -0.2) is 0 Å². The van der Waals surface area contributed by atoms with Crippen molar-refractivity contribution in [3.8, 4) is 0 Å². The number of hydrogen-bond acceptors (Lipinski definition) is 3. The monoisotopic (exact) mass is 222 g/mol. The van der Waals surface area contributed by atoms with E-state index in [1.165, 1.54) is 0 Å². The Morgan fingerprint density at radius 1 is 1.50 bits per heavy atom. The molecule has 1 aliphatic heterocycles. The first-order valence-electron chi connectivity index (χ1n) is 5.54. The fourth-order valence-electron chi connectivity index (χ4n) is 2.53. The molecule has 0 radical (unpaired) electrons. The van der Waals surface area contributed by atoms with E-state index in [0.29, 0.717) is 5.56 Å². The van der Waals surface area contributed by atoms with Gasteiger partial charge in [0.15, 0.2) is 6.29 Å². The number of aromatic nitrogens is 2. The van der Waals surface area contributed by atoms with Crippen LogP contribution in [0.25, 0.3) is 0 Å². The standard InChI is InChI=1S/C12H18N2O2/c1-11(2)5-10(12(3,4)16-11)14-7-9(8-15)6-13-14/h6-8,10H,5H2,1-4H3. The lowest BCUT2D eigenvalue weighted by Gasteiger charge is -2.27. The quantitative estimate of drug-likeness (QED) is 0.721. The highest BCUT2D eigenvalue weighted by atomic mass is 16.5. The molecule has 0 aliphatic carbocycles. The Bertz CT molecular complexity index is 407. The minimum absolute atomic E-state index is 0.137. The van der Waals surface area contributed by atoms with E-state index in [9.17, 15) is 4.79 Å². The fourth-order valence-corrected chi connectivity index (χ4v) is 2.53. The number of nitrogens with zero attached hydrogens (tertiary/aromatic N) is 2. The predicted octanol–water partition coefficient (Wildman–Crippen LogP) is 2.21. The van der Waals surface area contributed by atoms with Crippen molar-refractivity contribution < 1.29 is 9.53 Å². The molecule has 0 N–H and O–H groups in total. The van der Waals surface area contributed by atoms with E-state index < -0.39 is 0 Å². The predicted molar refractivity (Wildman–Crippen MR) is 60.5 cm³/mol. The summed E-state index contributed by atoms with van der Waals surface area (Å²) in [6.45, 7) is 8.29. The zero-order valence-electron chi connectivity index (χ0n) is 10.2. The van der Waals surface area contributed by atoms with Crippen LogP contribution in [-0.2, 0) is 4.74 Å². The van der Waals surface area contributed by atoms with Gasteiger partial charge in [-0.15, -0.1) is 0 Å². The molecule has 0 saturated carbocycles. The summed E-state index contributed by atoms with van der Waals surface area (Å²) in [6.07, 6.45) is 5.09. The first-order valence-corrected chi connectivity index (χ1v) is 5.54. The summed E-state index contributed by atoms with van der Waals surface area (Å²) >= 11 is 0. The molecule has 1 saturated heterocycles. The molecule has 1 fully saturated rings. The molecule has 0 spiro atoms. The molecule has 0 bridgehead atoms. The van der Waals surface area contributed by atoms with E-state index in [1.807, 2.05) is 4.68 Å². The maximum atomic E-state index is 10.6. The molecule has 16 heavy (non-hydrogen) atoms. The Morgan fingerprint density at radius 3 is 2.62 bits per heavy atom. The normalized spacial score (nSPS) is 26.9. The van der Waals surface area contributed by atoms with Crippen LogP contribution in [0, 0.1) is 0 Å². The molecule has 0 amide bonds. The Kier molecular flexibility index (Phi) is 2.42. The summed E-state index contributed by atoms with van der Waals surface area (Å²) in [4.78, 5) is 10.6. The zero-order valence-corrected chi connectivity index (χ0v) is 10.2. The van der Waals surface area contributed by atoms with Gasteiger partial charge in [-0.05, 0) is 27.7 Å². The Morgan fingerprint density at radius 2 is 2.19 bits per heavy atom. The van der Waals surface area contributed by atoms with Crippen LogP contribution in [-0.4, -0.2) is 27.3 Å². The van der Waals surface area contributed by atoms with Crippen LogP contribution in [0.1, 0.15) is 50.5 Å². The molecular weight excluding hydrogens is 204 g/mol. The van der Waals surface area contributed by atoms with E-state index in [-0.39, 0.29) is 17.2 Å². The average Bonchev–Trinajstić information content (AvgIpc) is 2.67. The maximum absolute atomic E-state index is 10.6. The molecule has 4 heteroatoms. The summed E-state index contributed by atoms with van der Waals surface area (Å²) in [6, 6.07) is 0.177. The second-order valence-corrected chi connectivity index (χ2v) is 5.56. The van der Waals surface area contributed by atoms with Crippen molar-refractivity contribution in [3.63, 3.8) is 0 Å². The molecular formula is C12H18N2O2. The highest BCUT2D eigenvalue weighted by molar-refractivity contribution is 5.73. The first kappa shape index (κ1) is 11.3. The van der Waals surface area contributed by atoms with E-state index in [2.05, 4.69) is 32.8 Å². The van der Waals surface area contributed by atoms with Gasteiger partial charge >= 0.3 is 0 Å². The molecule has 1 aliphatic rings. The smallest absolute Gasteiger partial charge is 0.153 e. The van der Waals surface area contributed by atoms with Crippen LogP contribution in [0.15, 0.2) is 12.4 Å². The minimum atomic E-state index is -0.254. The number of ether oxygens (including phenoxy) is 1. The fraction of sp³-hybridized carbons (Fsp3) is 0.667. The lowest BCUT2D eigenvalue weighted by molar-refractivity contribution is -0.0737. The summed E-state index contributed by atoms with van der Waals surface area (Å²) in [7, 11) is 0. The number of hydrogen-bond donors (Lipinski definition) is 0. The SMILES string of the molecule is CC1(C)CC(n2cc(C=O)cn2)C(C)(C)O1. The average molecular weight is 222 g/mol. The van der Waals surface area contributed by atoms with E-state index in [4.69, 9.17) is 4.74 Å². The van der Waals surface area contributed by atoms with Crippen LogP contribution in [0.3, 0.4) is 0 Å². The van der Waals surface area contributed by atoms with Crippen LogP contribution < -0.4 is 0 Å². The van der Waals surface area contributed by atoms with Crippen molar-refractivity contribution in [2.24, 2.45) is 0 Å². The molecule has 2 heterocycles. The van der Waals surface area contributed by atoms with Gasteiger partial charge < -0.3 is 4.74 Å². The Hall–Kier alpha value is -1.16. The van der Waals surface area contributed by atoms with Crippen molar-refractivity contribution >= 4 is 6.29 Å². The Balaban J connectivity index is 2.30. The van der Waals surface area contributed by atoms with Gasteiger partial charge in [0.1, 0.15) is 0 Å². The number of carbonyl (C=O) groups excluding carboxylic acids is 1. The summed E-state index contributed by atoms with van der Waals surface area (Å²) in [5.41, 5.74) is 0.220. The lowest BCUT2D eigenvalue weighted by Crippen LogP contribution is -2.31. The summed E-state index contributed by atoms with van der Waals surface area (Å²) in [5.74, 6) is 0. The third kappa shape index (κ3) is 1.89. The van der Waals surface area contributed by atoms with Crippen LogP contribution >= 0.6 is 0 Å². The van der Waals surface area contributed by atoms with Crippen molar-refractivity contribution in [1.82, 2.24) is 9.78 Å². The topological polar surface area (TPSA) is 44.1 Å². The van der Waals surface area contributed by atoms with Crippen molar-refractivity contribution in [2.75, 3.05) is 0 Å². The lowest BCUT2D eigenvalue weighted by atomic mass is 9.95. The van der Waals surface area contributed by atoms with Crippen molar-refractivity contribution in [3.05, 3.63) is 18.0 Å². The van der Waals surface area contributed by atoms with Crippen molar-refractivity contribution in [1.29, 1.82) is 0 Å². The zero-order chi connectivity index (χ0) is 12.0. The second kappa shape index (κ2) is 3.42. The molecule has 0 aromatic carbocycles. The summed E-state index contributed by atoms with van der Waals surface area (Å²) < 4.78 is 7.84. The van der Waals surface area contributed by atoms with Gasteiger partial charge in [0.2, 0.25) is 0 Å². The molecule has 1 unspecified atom stereocenters. The highest BCUT2D eigenvalue weighted by Gasteiger charge is 2.47. The maximum Gasteiger partial charge on any atom is 0.153 e. The highest BCUT2D eigenvalue weighted by Crippen LogP contribution is 2.44. The van der Waals surface area contributed by atoms with Gasteiger partial charge in [-0.1, -0.05) is 0 Å². The minimum Gasteiger partial charge on any atom is -0.367 e. The third-order valence-corrected chi connectivity index (χ3v) is 3.10. The van der Waals surface area contributed by atoms with Gasteiger partial charge in [-0.2, -0.15) is 5.10 Å². The number of aldehydes is 1. The molecule has 88 valence electrons. The van der Waals surface area contributed by atoms with Gasteiger partial charge in [0.05, 0.1) is 29.0 Å². The second-order valence-electron chi connectivity index (χ2n) is 5.56. The third-order valence-electron chi connectivity index (χ3n) is 3.10. The molecule has 4 nitrogen and oxygen atoms in total. The molecule has 2 rings (SSSR count). The van der Waals surface area contributed by atoms with Crippen LogP contribution in [0.5, 0.6) is 0 Å².